The van der Waals surface area contributed by atoms with Gasteiger partial charge in [-0.1, -0.05) is 23.7 Å². The molecule has 15 heavy (non-hydrogen) atoms. The van der Waals surface area contributed by atoms with E-state index in [1.54, 1.807) is 12.1 Å². The van der Waals surface area contributed by atoms with Crippen molar-refractivity contribution in [1.82, 2.24) is 9.78 Å². The van der Waals surface area contributed by atoms with Crippen LogP contribution in [0.15, 0.2) is 30.5 Å². The van der Waals surface area contributed by atoms with Gasteiger partial charge in [-0.05, 0) is 12.1 Å². The first-order chi connectivity index (χ1) is 7.24. The zero-order valence-electron chi connectivity index (χ0n) is 7.68. The molecule has 0 radical (unpaired) electrons. The zero-order valence-corrected chi connectivity index (χ0v) is 8.44. The normalized spacial score (nSPS) is 9.87. The number of nitrogens with two attached hydrogens (primary N) is 1. The van der Waals surface area contributed by atoms with Crippen molar-refractivity contribution in [3.05, 3.63) is 41.0 Å². The Hall–Kier alpha value is -1.99. The smallest absolute Gasteiger partial charge is 0.145 e. The standard InChI is InChI=1S/C10H7ClN4/c11-8-3-1-2-4-9(8)15-10(13)7(5-12)6-14-15/h1-4,6H,13H2. The van der Waals surface area contributed by atoms with Gasteiger partial charge in [0, 0.05) is 0 Å². The number of aromatic nitrogens is 2. The van der Waals surface area contributed by atoms with Crippen LogP contribution in [0.2, 0.25) is 5.02 Å². The Balaban J connectivity index is 2.61. The minimum Gasteiger partial charge on any atom is -0.382 e. The fraction of sp³-hybridized carbons (Fsp3) is 0. The van der Waals surface area contributed by atoms with E-state index >= 15 is 0 Å². The van der Waals surface area contributed by atoms with Crippen LogP contribution in [0.1, 0.15) is 5.56 Å². The molecule has 1 aromatic carbocycles. The van der Waals surface area contributed by atoms with Gasteiger partial charge in [-0.15, -0.1) is 0 Å². The van der Waals surface area contributed by atoms with E-state index in [1.165, 1.54) is 10.9 Å². The van der Waals surface area contributed by atoms with Crippen molar-refractivity contribution in [2.45, 2.75) is 0 Å². The number of nitriles is 1. The topological polar surface area (TPSA) is 67.6 Å². The molecule has 0 aliphatic heterocycles. The molecule has 0 atom stereocenters. The molecule has 0 bridgehead atoms. The van der Waals surface area contributed by atoms with Crippen LogP contribution in [0.4, 0.5) is 5.82 Å². The van der Waals surface area contributed by atoms with Crippen molar-refractivity contribution in [2.24, 2.45) is 0 Å². The molecule has 0 aliphatic carbocycles. The van der Waals surface area contributed by atoms with Gasteiger partial charge in [-0.25, -0.2) is 4.68 Å². The number of hydrogen-bond donors (Lipinski definition) is 1. The summed E-state index contributed by atoms with van der Waals surface area (Å²) < 4.78 is 1.45. The fourth-order valence-electron chi connectivity index (χ4n) is 1.26. The van der Waals surface area contributed by atoms with Crippen molar-refractivity contribution in [3.63, 3.8) is 0 Å². The van der Waals surface area contributed by atoms with Crippen LogP contribution >= 0.6 is 11.6 Å². The second kappa shape index (κ2) is 3.64. The summed E-state index contributed by atoms with van der Waals surface area (Å²) in [6.45, 7) is 0. The Morgan fingerprint density at radius 3 is 2.73 bits per heavy atom. The van der Waals surface area contributed by atoms with Gasteiger partial charge in [0.05, 0.1) is 16.9 Å². The monoisotopic (exact) mass is 218 g/mol. The predicted octanol–water partition coefficient (Wildman–Crippen LogP) is 1.98. The molecular weight excluding hydrogens is 212 g/mol. The Kier molecular flexibility index (Phi) is 2.32. The third kappa shape index (κ3) is 1.53. The third-order valence-electron chi connectivity index (χ3n) is 2.01. The van der Waals surface area contributed by atoms with Gasteiger partial charge in [0.2, 0.25) is 0 Å². The number of nitrogens with zero attached hydrogens (tertiary/aromatic N) is 3. The molecule has 2 N–H and O–H groups in total. The first kappa shape index (κ1) is 9.56. The molecule has 0 saturated carbocycles. The average molecular weight is 219 g/mol. The average Bonchev–Trinajstić information content (AvgIpc) is 2.60. The van der Waals surface area contributed by atoms with E-state index in [4.69, 9.17) is 22.6 Å². The van der Waals surface area contributed by atoms with Crippen molar-refractivity contribution >= 4 is 17.4 Å². The SMILES string of the molecule is N#Cc1cnn(-c2ccccc2Cl)c1N. The molecule has 5 heteroatoms. The van der Waals surface area contributed by atoms with E-state index in [1.807, 2.05) is 18.2 Å². The van der Waals surface area contributed by atoms with Crippen molar-refractivity contribution < 1.29 is 0 Å². The molecule has 1 heterocycles. The van der Waals surface area contributed by atoms with E-state index < -0.39 is 0 Å². The van der Waals surface area contributed by atoms with Crippen LogP contribution in [-0.4, -0.2) is 9.78 Å². The van der Waals surface area contributed by atoms with Crippen molar-refractivity contribution in [2.75, 3.05) is 5.73 Å². The molecule has 4 nitrogen and oxygen atoms in total. The lowest BCUT2D eigenvalue weighted by Gasteiger charge is -2.05. The molecule has 0 fully saturated rings. The van der Waals surface area contributed by atoms with Crippen molar-refractivity contribution in [3.8, 4) is 11.8 Å². The number of anilines is 1. The van der Waals surface area contributed by atoms with Gasteiger partial charge in [-0.3, -0.25) is 0 Å². The molecule has 0 amide bonds. The lowest BCUT2D eigenvalue weighted by Crippen LogP contribution is -2.02. The number of benzene rings is 1. The molecule has 0 unspecified atom stereocenters. The molecule has 0 aliphatic rings. The van der Waals surface area contributed by atoms with Crippen LogP contribution in [0.3, 0.4) is 0 Å². The highest BCUT2D eigenvalue weighted by Gasteiger charge is 2.10. The van der Waals surface area contributed by atoms with Crippen molar-refractivity contribution in [1.29, 1.82) is 5.26 Å². The lowest BCUT2D eigenvalue weighted by atomic mass is 10.3. The van der Waals surface area contributed by atoms with Gasteiger partial charge >= 0.3 is 0 Å². The highest BCUT2D eigenvalue weighted by atomic mass is 35.5. The van der Waals surface area contributed by atoms with E-state index in [2.05, 4.69) is 5.10 Å². The summed E-state index contributed by atoms with van der Waals surface area (Å²) in [5.74, 6) is 0.297. The highest BCUT2D eigenvalue weighted by molar-refractivity contribution is 6.32. The van der Waals surface area contributed by atoms with Crippen LogP contribution in [-0.2, 0) is 0 Å². The lowest BCUT2D eigenvalue weighted by molar-refractivity contribution is 0.891. The zero-order chi connectivity index (χ0) is 10.8. The number of rotatable bonds is 1. The summed E-state index contributed by atoms with van der Waals surface area (Å²) in [5, 5.41) is 13.3. The summed E-state index contributed by atoms with van der Waals surface area (Å²) in [7, 11) is 0. The van der Waals surface area contributed by atoms with Crippen LogP contribution in [0.5, 0.6) is 0 Å². The van der Waals surface area contributed by atoms with Crippen LogP contribution < -0.4 is 5.73 Å². The highest BCUT2D eigenvalue weighted by Crippen LogP contribution is 2.23. The molecular formula is C10H7ClN4. The maximum Gasteiger partial charge on any atom is 0.145 e. The van der Waals surface area contributed by atoms with E-state index in [-0.39, 0.29) is 0 Å². The van der Waals surface area contributed by atoms with Crippen LogP contribution in [0.25, 0.3) is 5.69 Å². The Bertz CT molecular complexity index is 539. The summed E-state index contributed by atoms with van der Waals surface area (Å²) >= 11 is 5.98. The van der Waals surface area contributed by atoms with Gasteiger partial charge in [0.15, 0.2) is 0 Å². The maximum atomic E-state index is 8.73. The summed E-state index contributed by atoms with van der Waals surface area (Å²) in [5.41, 5.74) is 6.74. The van der Waals surface area contributed by atoms with Gasteiger partial charge in [0.1, 0.15) is 17.5 Å². The van der Waals surface area contributed by atoms with E-state index in [9.17, 15) is 0 Å². The minimum absolute atomic E-state index is 0.297. The molecule has 2 aromatic rings. The third-order valence-corrected chi connectivity index (χ3v) is 2.33. The molecule has 0 saturated heterocycles. The van der Waals surface area contributed by atoms with Gasteiger partial charge < -0.3 is 5.73 Å². The molecule has 1 aromatic heterocycles. The number of para-hydroxylation sites is 1. The number of halogens is 1. The number of hydrogen-bond acceptors (Lipinski definition) is 3. The minimum atomic E-state index is 0.297. The van der Waals surface area contributed by atoms with E-state index in [0.717, 1.165) is 0 Å². The first-order valence-corrected chi connectivity index (χ1v) is 4.60. The maximum absolute atomic E-state index is 8.73. The Labute approximate surface area is 91.5 Å². The predicted molar refractivity (Wildman–Crippen MR) is 57.7 cm³/mol. The second-order valence-electron chi connectivity index (χ2n) is 2.92. The largest absolute Gasteiger partial charge is 0.382 e. The second-order valence-corrected chi connectivity index (χ2v) is 3.33. The first-order valence-electron chi connectivity index (χ1n) is 4.22. The summed E-state index contributed by atoms with van der Waals surface area (Å²) in [6.07, 6.45) is 1.42. The Morgan fingerprint density at radius 2 is 2.13 bits per heavy atom. The Morgan fingerprint density at radius 1 is 1.40 bits per heavy atom. The van der Waals surface area contributed by atoms with Crippen LogP contribution in [0, 0.1) is 11.3 Å². The molecule has 0 spiro atoms. The van der Waals surface area contributed by atoms with E-state index in [0.29, 0.717) is 22.1 Å². The quantitative estimate of drug-likeness (QED) is 0.796. The summed E-state index contributed by atoms with van der Waals surface area (Å²) in [4.78, 5) is 0. The molecule has 2 rings (SSSR count). The fourth-order valence-corrected chi connectivity index (χ4v) is 1.48. The van der Waals surface area contributed by atoms with Gasteiger partial charge in [-0.2, -0.15) is 10.4 Å². The summed E-state index contributed by atoms with van der Waals surface area (Å²) in [6, 6.07) is 9.12. The van der Waals surface area contributed by atoms with Gasteiger partial charge in [0.25, 0.3) is 0 Å². The molecule has 74 valence electrons. The number of nitrogen functional groups attached to an aromatic ring is 1.